The summed E-state index contributed by atoms with van der Waals surface area (Å²) in [6, 6.07) is 9.24. The van der Waals surface area contributed by atoms with Crippen molar-refractivity contribution in [1.29, 1.82) is 0 Å². The van der Waals surface area contributed by atoms with Gasteiger partial charge in [-0.3, -0.25) is 9.69 Å². The van der Waals surface area contributed by atoms with Crippen molar-refractivity contribution in [2.75, 3.05) is 19.7 Å². The van der Waals surface area contributed by atoms with Gasteiger partial charge in [0.2, 0.25) is 5.78 Å². The van der Waals surface area contributed by atoms with E-state index in [1.54, 1.807) is 12.1 Å². The molecule has 2 heterocycles. The summed E-state index contributed by atoms with van der Waals surface area (Å²) in [7, 11) is 0. The molecule has 4 rings (SSSR count). The van der Waals surface area contributed by atoms with Crippen molar-refractivity contribution in [1.82, 2.24) is 4.90 Å². The van der Waals surface area contributed by atoms with E-state index < -0.39 is 0 Å². The second kappa shape index (κ2) is 8.52. The number of hydrogen-bond donors (Lipinski definition) is 1. The Labute approximate surface area is 177 Å². The molecule has 0 saturated carbocycles. The molecule has 0 amide bonds. The topological polar surface area (TPSA) is 59.0 Å². The van der Waals surface area contributed by atoms with Gasteiger partial charge in [0.25, 0.3) is 0 Å². The summed E-state index contributed by atoms with van der Waals surface area (Å²) in [5, 5.41) is 10.6. The molecule has 0 spiro atoms. The summed E-state index contributed by atoms with van der Waals surface area (Å²) >= 11 is 0. The van der Waals surface area contributed by atoms with Gasteiger partial charge in [-0.2, -0.15) is 0 Å². The van der Waals surface area contributed by atoms with Crippen molar-refractivity contribution in [2.45, 2.75) is 40.2 Å². The van der Waals surface area contributed by atoms with Crippen LogP contribution in [0.15, 0.2) is 36.1 Å². The minimum absolute atomic E-state index is 0.134. The van der Waals surface area contributed by atoms with E-state index >= 15 is 0 Å². The van der Waals surface area contributed by atoms with E-state index in [-0.39, 0.29) is 17.3 Å². The van der Waals surface area contributed by atoms with Gasteiger partial charge in [-0.25, -0.2) is 0 Å². The van der Waals surface area contributed by atoms with Crippen LogP contribution in [0.1, 0.15) is 53.7 Å². The number of ether oxygens (including phenoxy) is 2. The maximum Gasteiger partial charge on any atom is 0.232 e. The van der Waals surface area contributed by atoms with Gasteiger partial charge >= 0.3 is 0 Å². The van der Waals surface area contributed by atoms with Gasteiger partial charge < -0.3 is 14.6 Å². The predicted octanol–water partition coefficient (Wildman–Crippen LogP) is 4.95. The summed E-state index contributed by atoms with van der Waals surface area (Å²) in [5.74, 6) is 2.38. The third-order valence-corrected chi connectivity index (χ3v) is 5.97. The third-order valence-electron chi connectivity index (χ3n) is 5.97. The molecule has 2 aromatic carbocycles. The maximum absolute atomic E-state index is 13.1. The number of carbonyl (C=O) groups excluding carboxylic acids is 1. The Morgan fingerprint density at radius 3 is 2.60 bits per heavy atom. The number of Topliss-reactive ketones (excluding diaryl/α,β-unsaturated/α-hetero) is 1. The molecule has 1 fully saturated rings. The molecule has 1 saturated heterocycles. The molecule has 2 aliphatic rings. The normalized spacial score (nSPS) is 18.5. The average Bonchev–Trinajstić information content (AvgIpc) is 3.05. The number of aryl methyl sites for hydroxylation is 1. The van der Waals surface area contributed by atoms with Crippen LogP contribution in [0.5, 0.6) is 17.2 Å². The molecule has 0 aliphatic carbocycles. The van der Waals surface area contributed by atoms with E-state index in [1.807, 2.05) is 38.1 Å². The Balaban J connectivity index is 1.62. The van der Waals surface area contributed by atoms with Gasteiger partial charge in [-0.05, 0) is 81.1 Å². The number of ketones is 1. The largest absolute Gasteiger partial charge is 0.507 e. The molecule has 2 aliphatic heterocycles. The predicted molar refractivity (Wildman–Crippen MR) is 117 cm³/mol. The van der Waals surface area contributed by atoms with Crippen LogP contribution in [0.2, 0.25) is 0 Å². The minimum atomic E-state index is -0.134. The van der Waals surface area contributed by atoms with Crippen molar-refractivity contribution >= 4 is 11.9 Å². The molecule has 5 heteroatoms. The summed E-state index contributed by atoms with van der Waals surface area (Å²) in [4.78, 5) is 15.4. The Bertz CT molecular complexity index is 970. The monoisotopic (exact) mass is 407 g/mol. The van der Waals surface area contributed by atoms with E-state index in [0.717, 1.165) is 48.7 Å². The zero-order chi connectivity index (χ0) is 21.3. The number of aromatic hydroxyl groups is 1. The Kier molecular flexibility index (Phi) is 5.82. The lowest BCUT2D eigenvalue weighted by molar-refractivity contribution is 0.101. The van der Waals surface area contributed by atoms with Gasteiger partial charge in [0.1, 0.15) is 17.2 Å². The second-order valence-electron chi connectivity index (χ2n) is 8.30. The fourth-order valence-corrected chi connectivity index (χ4v) is 4.15. The lowest BCUT2D eigenvalue weighted by Crippen LogP contribution is -2.32. The molecular weight excluding hydrogens is 378 g/mol. The Hall–Kier alpha value is -2.79. The van der Waals surface area contributed by atoms with Crippen molar-refractivity contribution in [3.8, 4) is 17.2 Å². The van der Waals surface area contributed by atoms with Gasteiger partial charge in [0.05, 0.1) is 17.7 Å². The quantitative estimate of drug-likeness (QED) is 0.711. The molecule has 0 radical (unpaired) electrons. The number of likely N-dealkylation sites (tertiary alicyclic amines) is 1. The smallest absolute Gasteiger partial charge is 0.232 e. The molecule has 30 heavy (non-hydrogen) atoms. The zero-order valence-corrected chi connectivity index (χ0v) is 17.9. The van der Waals surface area contributed by atoms with E-state index in [0.29, 0.717) is 30.0 Å². The summed E-state index contributed by atoms with van der Waals surface area (Å²) in [5.41, 5.74) is 2.86. The SMILES string of the molecule is CCOc1ccc(/C=C2\Oc3c(CN4CCC(C)CC4)c(O)cc(C)c3C2=O)cc1. The third kappa shape index (κ3) is 4.08. The fraction of sp³-hybridized carbons (Fsp3) is 0.400. The second-order valence-corrected chi connectivity index (χ2v) is 8.30. The summed E-state index contributed by atoms with van der Waals surface area (Å²) in [6.07, 6.45) is 4.05. The van der Waals surface area contributed by atoms with E-state index in [2.05, 4.69) is 11.8 Å². The lowest BCUT2D eigenvalue weighted by atomic mass is 9.96. The number of allylic oxidation sites excluding steroid dienone is 1. The maximum atomic E-state index is 13.1. The van der Waals surface area contributed by atoms with Crippen molar-refractivity contribution in [3.63, 3.8) is 0 Å². The van der Waals surface area contributed by atoms with Crippen molar-refractivity contribution in [2.24, 2.45) is 5.92 Å². The highest BCUT2D eigenvalue weighted by Gasteiger charge is 2.34. The molecule has 158 valence electrons. The van der Waals surface area contributed by atoms with Gasteiger partial charge in [-0.1, -0.05) is 19.1 Å². The van der Waals surface area contributed by atoms with Crippen LogP contribution >= 0.6 is 0 Å². The van der Waals surface area contributed by atoms with E-state index in [9.17, 15) is 9.90 Å². The summed E-state index contributed by atoms with van der Waals surface area (Å²) in [6.45, 7) is 9.24. The molecular formula is C25H29NO4. The summed E-state index contributed by atoms with van der Waals surface area (Å²) < 4.78 is 11.5. The highest BCUT2D eigenvalue weighted by molar-refractivity contribution is 6.15. The Morgan fingerprint density at radius 1 is 1.23 bits per heavy atom. The number of phenolic OH excluding ortho intramolecular Hbond substituents is 1. The first-order chi connectivity index (χ1) is 14.5. The van der Waals surface area contributed by atoms with Crippen LogP contribution in [-0.4, -0.2) is 35.5 Å². The number of rotatable bonds is 5. The number of nitrogens with zero attached hydrogens (tertiary/aromatic N) is 1. The van der Waals surface area contributed by atoms with Crippen LogP contribution in [0.4, 0.5) is 0 Å². The van der Waals surface area contributed by atoms with Crippen molar-refractivity contribution in [3.05, 3.63) is 58.3 Å². The van der Waals surface area contributed by atoms with Crippen molar-refractivity contribution < 1.29 is 19.4 Å². The molecule has 0 unspecified atom stereocenters. The standard InChI is InChI=1S/C25H29NO4/c1-4-29-19-7-5-18(6-8-19)14-22-24(28)23-17(3)13-21(27)20(25(23)30-22)15-26-11-9-16(2)10-12-26/h5-8,13-14,16,27H,4,9-12,15H2,1-3H3/b22-14-. The molecule has 0 bridgehead atoms. The van der Waals surface area contributed by atoms with Crippen LogP contribution in [0.3, 0.4) is 0 Å². The minimum Gasteiger partial charge on any atom is -0.507 e. The molecule has 0 atom stereocenters. The zero-order valence-electron chi connectivity index (χ0n) is 17.9. The van der Waals surface area contributed by atoms with E-state index in [1.165, 1.54) is 0 Å². The van der Waals surface area contributed by atoms with Crippen LogP contribution in [0.25, 0.3) is 6.08 Å². The van der Waals surface area contributed by atoms with Gasteiger partial charge in [-0.15, -0.1) is 0 Å². The molecule has 2 aromatic rings. The lowest BCUT2D eigenvalue weighted by Gasteiger charge is -2.30. The molecule has 5 nitrogen and oxygen atoms in total. The fourth-order valence-electron chi connectivity index (χ4n) is 4.15. The first kappa shape index (κ1) is 20.5. The number of piperidine rings is 1. The average molecular weight is 408 g/mol. The molecule has 0 aromatic heterocycles. The van der Waals surface area contributed by atoms with Gasteiger partial charge in [0.15, 0.2) is 5.76 Å². The van der Waals surface area contributed by atoms with Gasteiger partial charge in [0, 0.05) is 6.54 Å². The van der Waals surface area contributed by atoms with Crippen LogP contribution < -0.4 is 9.47 Å². The highest BCUT2D eigenvalue weighted by atomic mass is 16.5. The number of hydrogen-bond acceptors (Lipinski definition) is 5. The first-order valence-electron chi connectivity index (χ1n) is 10.7. The van der Waals surface area contributed by atoms with E-state index in [4.69, 9.17) is 9.47 Å². The first-order valence-corrected chi connectivity index (χ1v) is 10.7. The molecule has 1 N–H and O–H groups in total. The number of benzene rings is 2. The number of carbonyl (C=O) groups is 1. The number of phenols is 1. The Morgan fingerprint density at radius 2 is 1.93 bits per heavy atom. The highest BCUT2D eigenvalue weighted by Crippen LogP contribution is 2.42. The number of fused-ring (bicyclic) bond motifs is 1. The van der Waals surface area contributed by atoms with Crippen LogP contribution in [0, 0.1) is 12.8 Å². The van der Waals surface area contributed by atoms with Crippen LogP contribution in [-0.2, 0) is 6.54 Å².